The largest absolute Gasteiger partial charge is 0.392 e. The number of rotatable bonds is 3. The fourth-order valence-electron chi connectivity index (χ4n) is 1.39. The molecule has 1 atom stereocenters. The molecule has 0 unspecified atom stereocenters. The number of hydrogen-bond donors (Lipinski definition) is 2. The molecule has 0 saturated carbocycles. The Hall–Kier alpha value is -0.540. The van der Waals surface area contributed by atoms with E-state index in [1.54, 1.807) is 6.92 Å². The van der Waals surface area contributed by atoms with Crippen LogP contribution in [0.3, 0.4) is 0 Å². The van der Waals surface area contributed by atoms with Gasteiger partial charge in [-0.15, -0.1) is 0 Å². The maximum atomic E-state index is 9.17. The summed E-state index contributed by atoms with van der Waals surface area (Å²) in [6, 6.07) is 4.19. The second kappa shape index (κ2) is 4.80. The van der Waals surface area contributed by atoms with Crippen molar-refractivity contribution in [2.24, 2.45) is 0 Å². The predicted molar refractivity (Wildman–Crippen MR) is 63.8 cm³/mol. The molecule has 2 N–H and O–H groups in total. The molecule has 0 heterocycles. The summed E-state index contributed by atoms with van der Waals surface area (Å²) in [5.74, 6) is 0. The van der Waals surface area contributed by atoms with E-state index in [0.29, 0.717) is 6.54 Å². The first-order chi connectivity index (χ1) is 6.50. The van der Waals surface area contributed by atoms with E-state index in [9.17, 15) is 5.11 Å². The summed E-state index contributed by atoms with van der Waals surface area (Å²) >= 11 is 3.50. The van der Waals surface area contributed by atoms with Gasteiger partial charge < -0.3 is 10.4 Å². The van der Waals surface area contributed by atoms with Gasteiger partial charge in [0.05, 0.1) is 11.8 Å². The second-order valence-electron chi connectivity index (χ2n) is 3.67. The maximum Gasteiger partial charge on any atom is 0.0684 e. The van der Waals surface area contributed by atoms with Crippen molar-refractivity contribution in [3.8, 4) is 0 Å². The smallest absolute Gasteiger partial charge is 0.0684 e. The number of aliphatic hydroxyl groups excluding tert-OH is 1. The summed E-state index contributed by atoms with van der Waals surface area (Å²) in [6.45, 7) is 6.46. The molecule has 0 saturated heterocycles. The predicted octanol–water partition coefficient (Wildman–Crippen LogP) is 2.86. The highest BCUT2D eigenvalue weighted by molar-refractivity contribution is 9.10. The molecule has 3 heteroatoms. The van der Waals surface area contributed by atoms with Gasteiger partial charge >= 0.3 is 0 Å². The van der Waals surface area contributed by atoms with Crippen LogP contribution in [0.15, 0.2) is 16.6 Å². The molecule has 1 rings (SSSR count). The fourth-order valence-corrected chi connectivity index (χ4v) is 2.20. The first-order valence-electron chi connectivity index (χ1n) is 4.69. The zero-order chi connectivity index (χ0) is 10.7. The van der Waals surface area contributed by atoms with Crippen LogP contribution in [0.1, 0.15) is 18.1 Å². The Kier molecular flexibility index (Phi) is 3.96. The third-order valence-corrected chi connectivity index (χ3v) is 2.63. The number of anilines is 1. The van der Waals surface area contributed by atoms with Gasteiger partial charge in [0, 0.05) is 11.0 Å². The van der Waals surface area contributed by atoms with Gasteiger partial charge in [-0.1, -0.05) is 6.07 Å². The normalized spacial score (nSPS) is 12.6. The van der Waals surface area contributed by atoms with E-state index >= 15 is 0 Å². The van der Waals surface area contributed by atoms with Crippen LogP contribution in [0.2, 0.25) is 0 Å². The van der Waals surface area contributed by atoms with Crippen molar-refractivity contribution >= 4 is 21.6 Å². The highest BCUT2D eigenvalue weighted by Crippen LogP contribution is 2.27. The number of hydrogen-bond acceptors (Lipinski definition) is 2. The third-order valence-electron chi connectivity index (χ3n) is 2.01. The summed E-state index contributed by atoms with van der Waals surface area (Å²) in [7, 11) is 0. The van der Waals surface area contributed by atoms with Gasteiger partial charge in [-0.05, 0) is 53.9 Å². The highest BCUT2D eigenvalue weighted by atomic mass is 79.9. The molecular weight excluding hydrogens is 242 g/mol. The van der Waals surface area contributed by atoms with Gasteiger partial charge in [-0.2, -0.15) is 0 Å². The zero-order valence-corrected chi connectivity index (χ0v) is 10.4. The lowest BCUT2D eigenvalue weighted by Crippen LogP contribution is -2.16. The summed E-state index contributed by atoms with van der Waals surface area (Å²) in [4.78, 5) is 0. The number of halogens is 1. The Balaban J connectivity index is 2.86. The maximum absolute atomic E-state index is 9.17. The van der Waals surface area contributed by atoms with Crippen LogP contribution < -0.4 is 5.32 Å². The molecule has 2 nitrogen and oxygen atoms in total. The zero-order valence-electron chi connectivity index (χ0n) is 8.76. The SMILES string of the molecule is Cc1cc(C)c(NC[C@@H](C)O)c(Br)c1. The van der Waals surface area contributed by atoms with Gasteiger partial charge in [0.2, 0.25) is 0 Å². The Bertz CT molecular complexity index is 300. The minimum absolute atomic E-state index is 0.331. The Labute approximate surface area is 93.5 Å². The van der Waals surface area contributed by atoms with Gasteiger partial charge in [-0.25, -0.2) is 0 Å². The summed E-state index contributed by atoms with van der Waals surface area (Å²) in [5.41, 5.74) is 3.49. The van der Waals surface area contributed by atoms with Crippen molar-refractivity contribution in [3.63, 3.8) is 0 Å². The molecule has 0 fully saturated rings. The standard InChI is InChI=1S/C11H16BrNO/c1-7-4-8(2)11(10(12)5-7)13-6-9(3)14/h4-5,9,13-14H,6H2,1-3H3/t9-/m1/s1. The van der Waals surface area contributed by atoms with Gasteiger partial charge in [0.15, 0.2) is 0 Å². The van der Waals surface area contributed by atoms with E-state index in [-0.39, 0.29) is 6.10 Å². The van der Waals surface area contributed by atoms with Crippen LogP contribution in [0.4, 0.5) is 5.69 Å². The Morgan fingerprint density at radius 3 is 2.57 bits per heavy atom. The molecule has 0 bridgehead atoms. The lowest BCUT2D eigenvalue weighted by atomic mass is 10.1. The minimum atomic E-state index is -0.331. The molecule has 0 radical (unpaired) electrons. The van der Waals surface area contributed by atoms with E-state index in [0.717, 1.165) is 10.2 Å². The van der Waals surface area contributed by atoms with Crippen molar-refractivity contribution in [2.75, 3.05) is 11.9 Å². The van der Waals surface area contributed by atoms with Crippen LogP contribution >= 0.6 is 15.9 Å². The summed E-state index contributed by atoms with van der Waals surface area (Å²) in [5, 5.41) is 12.4. The van der Waals surface area contributed by atoms with Crippen molar-refractivity contribution in [1.29, 1.82) is 0 Å². The van der Waals surface area contributed by atoms with E-state index in [4.69, 9.17) is 0 Å². The number of nitrogens with one attached hydrogen (secondary N) is 1. The summed E-state index contributed by atoms with van der Waals surface area (Å²) in [6.07, 6.45) is -0.331. The van der Waals surface area contributed by atoms with Crippen molar-refractivity contribution in [3.05, 3.63) is 27.7 Å². The number of aliphatic hydroxyl groups is 1. The van der Waals surface area contributed by atoms with Crippen LogP contribution in [0.25, 0.3) is 0 Å². The van der Waals surface area contributed by atoms with E-state index in [2.05, 4.69) is 47.2 Å². The van der Waals surface area contributed by atoms with Gasteiger partial charge in [-0.3, -0.25) is 0 Å². The average molecular weight is 258 g/mol. The lowest BCUT2D eigenvalue weighted by Gasteiger charge is -2.13. The summed E-state index contributed by atoms with van der Waals surface area (Å²) < 4.78 is 1.05. The number of benzene rings is 1. The van der Waals surface area contributed by atoms with Crippen molar-refractivity contribution in [2.45, 2.75) is 26.9 Å². The Morgan fingerprint density at radius 1 is 1.43 bits per heavy atom. The molecule has 0 aromatic heterocycles. The minimum Gasteiger partial charge on any atom is -0.392 e. The highest BCUT2D eigenvalue weighted by Gasteiger charge is 2.05. The average Bonchev–Trinajstić information content (AvgIpc) is 2.01. The molecule has 0 aliphatic heterocycles. The van der Waals surface area contributed by atoms with Crippen LogP contribution in [-0.2, 0) is 0 Å². The molecule has 0 amide bonds. The third kappa shape index (κ3) is 3.00. The van der Waals surface area contributed by atoms with Gasteiger partial charge in [0.25, 0.3) is 0 Å². The topological polar surface area (TPSA) is 32.3 Å². The molecule has 0 aliphatic carbocycles. The molecule has 0 aliphatic rings. The quantitative estimate of drug-likeness (QED) is 0.873. The fraction of sp³-hybridized carbons (Fsp3) is 0.455. The molecule has 14 heavy (non-hydrogen) atoms. The van der Waals surface area contributed by atoms with Crippen molar-refractivity contribution < 1.29 is 5.11 Å². The van der Waals surface area contributed by atoms with Crippen LogP contribution in [0, 0.1) is 13.8 Å². The van der Waals surface area contributed by atoms with Crippen LogP contribution in [-0.4, -0.2) is 17.8 Å². The molecule has 1 aromatic rings. The van der Waals surface area contributed by atoms with Crippen molar-refractivity contribution in [1.82, 2.24) is 0 Å². The van der Waals surface area contributed by atoms with Gasteiger partial charge in [0.1, 0.15) is 0 Å². The lowest BCUT2D eigenvalue weighted by molar-refractivity contribution is 0.208. The van der Waals surface area contributed by atoms with E-state index in [1.807, 2.05) is 0 Å². The van der Waals surface area contributed by atoms with E-state index in [1.165, 1.54) is 11.1 Å². The molecule has 78 valence electrons. The molecule has 1 aromatic carbocycles. The van der Waals surface area contributed by atoms with Crippen LogP contribution in [0.5, 0.6) is 0 Å². The second-order valence-corrected chi connectivity index (χ2v) is 4.52. The molecule has 0 spiro atoms. The van der Waals surface area contributed by atoms with E-state index < -0.39 is 0 Å². The Morgan fingerprint density at radius 2 is 2.07 bits per heavy atom. The first kappa shape index (κ1) is 11.5. The monoisotopic (exact) mass is 257 g/mol. The first-order valence-corrected chi connectivity index (χ1v) is 5.48. The molecular formula is C11H16BrNO. The number of aryl methyl sites for hydroxylation is 2.